The maximum absolute atomic E-state index is 7.49. The molecule has 0 radical (unpaired) electrons. The summed E-state index contributed by atoms with van der Waals surface area (Å²) in [6.45, 7) is 0.181. The molecular formula is C10H16ClN5O. The van der Waals surface area contributed by atoms with Crippen LogP contribution in [0.1, 0.15) is 0 Å². The van der Waals surface area contributed by atoms with E-state index in [2.05, 4.69) is 10.3 Å². The van der Waals surface area contributed by atoms with Crippen molar-refractivity contribution in [1.82, 2.24) is 5.32 Å². The number of nitrogens with zero attached hydrogens (tertiary/aromatic N) is 1. The van der Waals surface area contributed by atoms with Crippen molar-refractivity contribution in [1.29, 1.82) is 10.8 Å². The van der Waals surface area contributed by atoms with Gasteiger partial charge in [-0.25, -0.2) is 0 Å². The molecule has 0 bridgehead atoms. The summed E-state index contributed by atoms with van der Waals surface area (Å²) in [6.07, 6.45) is 4.21. The summed E-state index contributed by atoms with van der Waals surface area (Å²) in [5.41, 5.74) is 6.37. The molecule has 0 saturated carbocycles. The first-order valence-corrected chi connectivity index (χ1v) is 5.10. The standard InChI is InChI=1S/C10H16ClN5O/c1-15-8(4-12)6-16-5-7(3-9(11)13)10(14)17-2/h3-4,6,13-15H,5,12H2,1-2H3/b7-3-,8-4+,13-9?,14-10?,16-6?. The molecule has 0 aliphatic heterocycles. The van der Waals surface area contributed by atoms with E-state index < -0.39 is 0 Å². The van der Waals surface area contributed by atoms with E-state index in [-0.39, 0.29) is 17.6 Å². The Kier molecular flexibility index (Phi) is 7.45. The predicted molar refractivity (Wildman–Crippen MR) is 71.1 cm³/mol. The van der Waals surface area contributed by atoms with Gasteiger partial charge in [0.2, 0.25) is 5.90 Å². The molecule has 0 spiro atoms. The summed E-state index contributed by atoms with van der Waals surface area (Å²) >= 11 is 5.43. The van der Waals surface area contributed by atoms with Crippen LogP contribution in [-0.4, -0.2) is 38.0 Å². The van der Waals surface area contributed by atoms with Crippen LogP contribution in [-0.2, 0) is 4.74 Å². The van der Waals surface area contributed by atoms with Gasteiger partial charge in [-0.3, -0.25) is 15.8 Å². The smallest absolute Gasteiger partial charge is 0.210 e. The number of allylic oxidation sites excluding steroid dienone is 2. The lowest BCUT2D eigenvalue weighted by Gasteiger charge is -2.04. The van der Waals surface area contributed by atoms with Crippen LogP contribution in [0.5, 0.6) is 0 Å². The Hall–Kier alpha value is -1.82. The highest BCUT2D eigenvalue weighted by molar-refractivity contribution is 6.67. The number of aliphatic imine (C=N–C) groups is 1. The van der Waals surface area contributed by atoms with Crippen molar-refractivity contribution >= 4 is 28.9 Å². The lowest BCUT2D eigenvalue weighted by molar-refractivity contribution is 0.399. The Labute approximate surface area is 105 Å². The molecule has 0 unspecified atom stereocenters. The molecule has 0 amide bonds. The molecule has 0 rings (SSSR count). The van der Waals surface area contributed by atoms with E-state index in [1.165, 1.54) is 25.6 Å². The van der Waals surface area contributed by atoms with Crippen LogP contribution < -0.4 is 11.1 Å². The maximum Gasteiger partial charge on any atom is 0.210 e. The Balaban J connectivity index is 4.68. The van der Waals surface area contributed by atoms with Gasteiger partial charge in [0.25, 0.3) is 0 Å². The Morgan fingerprint density at radius 3 is 2.59 bits per heavy atom. The minimum Gasteiger partial charge on any atom is -0.481 e. The largest absolute Gasteiger partial charge is 0.481 e. The zero-order valence-corrected chi connectivity index (χ0v) is 10.5. The van der Waals surface area contributed by atoms with Crippen LogP contribution in [0.2, 0.25) is 0 Å². The number of halogens is 1. The zero-order chi connectivity index (χ0) is 13.3. The Morgan fingerprint density at radius 2 is 2.18 bits per heavy atom. The molecule has 7 heteroatoms. The third-order valence-corrected chi connectivity index (χ3v) is 1.87. The van der Waals surface area contributed by atoms with Gasteiger partial charge in [-0.15, -0.1) is 0 Å². The fraction of sp³-hybridized carbons (Fsp3) is 0.300. The molecule has 0 heterocycles. The summed E-state index contributed by atoms with van der Waals surface area (Å²) in [5, 5.41) is 17.3. The first kappa shape index (κ1) is 15.2. The van der Waals surface area contributed by atoms with Crippen LogP contribution in [0.4, 0.5) is 0 Å². The van der Waals surface area contributed by atoms with Crippen LogP contribution in [0, 0.1) is 10.8 Å². The first-order valence-electron chi connectivity index (χ1n) is 4.72. The molecule has 0 aromatic heterocycles. The summed E-state index contributed by atoms with van der Waals surface area (Å²) in [4.78, 5) is 4.06. The molecule has 0 aliphatic rings. The average molecular weight is 258 g/mol. The monoisotopic (exact) mass is 257 g/mol. The molecule has 0 aliphatic carbocycles. The third-order valence-electron chi connectivity index (χ3n) is 1.76. The molecule has 17 heavy (non-hydrogen) atoms. The molecule has 0 atom stereocenters. The van der Waals surface area contributed by atoms with E-state index in [1.54, 1.807) is 7.05 Å². The predicted octanol–water partition coefficient (Wildman–Crippen LogP) is 0.843. The minimum absolute atomic E-state index is 0.0738. The molecule has 0 aromatic carbocycles. The zero-order valence-electron chi connectivity index (χ0n) is 9.75. The summed E-state index contributed by atoms with van der Waals surface area (Å²) in [5.74, 6) is -0.0738. The second-order valence-electron chi connectivity index (χ2n) is 2.89. The van der Waals surface area contributed by atoms with Gasteiger partial charge in [0, 0.05) is 25.0 Å². The molecule has 0 saturated heterocycles. The van der Waals surface area contributed by atoms with E-state index in [9.17, 15) is 0 Å². The molecule has 5 N–H and O–H groups in total. The van der Waals surface area contributed by atoms with Crippen molar-refractivity contribution in [3.8, 4) is 0 Å². The van der Waals surface area contributed by atoms with E-state index in [4.69, 9.17) is 32.9 Å². The third kappa shape index (κ3) is 6.36. The number of hydrogen-bond donors (Lipinski definition) is 4. The summed E-state index contributed by atoms with van der Waals surface area (Å²) < 4.78 is 4.75. The normalized spacial score (nSPS) is 12.6. The lowest BCUT2D eigenvalue weighted by atomic mass is 10.2. The second-order valence-corrected chi connectivity index (χ2v) is 3.30. The van der Waals surface area contributed by atoms with Crippen molar-refractivity contribution in [3.63, 3.8) is 0 Å². The molecule has 0 aromatic rings. The number of nitrogens with one attached hydrogen (secondary N) is 3. The average Bonchev–Trinajstić information content (AvgIpc) is 2.31. The Bertz CT molecular complexity index is 373. The van der Waals surface area contributed by atoms with Gasteiger partial charge in [-0.1, -0.05) is 11.6 Å². The number of rotatable bonds is 6. The van der Waals surface area contributed by atoms with Gasteiger partial charge >= 0.3 is 0 Å². The highest BCUT2D eigenvalue weighted by Crippen LogP contribution is 2.01. The molecule has 94 valence electrons. The number of ether oxygens (including phenoxy) is 1. The molecule has 0 fully saturated rings. The lowest BCUT2D eigenvalue weighted by Crippen LogP contribution is -2.11. The van der Waals surface area contributed by atoms with Crippen LogP contribution in [0.15, 0.2) is 28.5 Å². The fourth-order valence-corrected chi connectivity index (χ4v) is 1.03. The summed E-state index contributed by atoms with van der Waals surface area (Å²) in [6, 6.07) is 0. The van der Waals surface area contributed by atoms with Gasteiger partial charge in [-0.05, 0) is 6.08 Å². The van der Waals surface area contributed by atoms with Gasteiger partial charge < -0.3 is 15.8 Å². The SMILES string of the molecule is CN/C(C=NC/C(=C/C(=N)Cl)C(=N)OC)=C/N. The van der Waals surface area contributed by atoms with Crippen LogP contribution >= 0.6 is 11.6 Å². The number of methoxy groups -OCH3 is 1. The van der Waals surface area contributed by atoms with E-state index >= 15 is 0 Å². The van der Waals surface area contributed by atoms with E-state index in [1.807, 2.05) is 0 Å². The highest BCUT2D eigenvalue weighted by Gasteiger charge is 2.05. The van der Waals surface area contributed by atoms with Crippen molar-refractivity contribution in [2.75, 3.05) is 20.7 Å². The second kappa shape index (κ2) is 8.35. The highest BCUT2D eigenvalue weighted by atomic mass is 35.5. The quantitative estimate of drug-likeness (QED) is 0.418. The van der Waals surface area contributed by atoms with Gasteiger partial charge in [-0.2, -0.15) is 0 Å². The maximum atomic E-state index is 7.49. The summed E-state index contributed by atoms with van der Waals surface area (Å²) in [7, 11) is 3.09. The Morgan fingerprint density at radius 1 is 1.53 bits per heavy atom. The van der Waals surface area contributed by atoms with Crippen LogP contribution in [0.25, 0.3) is 0 Å². The van der Waals surface area contributed by atoms with Crippen molar-refractivity contribution in [2.24, 2.45) is 10.7 Å². The van der Waals surface area contributed by atoms with Crippen molar-refractivity contribution < 1.29 is 4.74 Å². The van der Waals surface area contributed by atoms with Gasteiger partial charge in [0.1, 0.15) is 5.17 Å². The van der Waals surface area contributed by atoms with Crippen molar-refractivity contribution in [2.45, 2.75) is 0 Å². The minimum atomic E-state index is -0.180. The fourth-order valence-electron chi connectivity index (χ4n) is 0.900. The number of hydrogen-bond acceptors (Lipinski definition) is 6. The number of nitrogens with two attached hydrogens (primary N) is 1. The topological polar surface area (TPSA) is 107 Å². The first-order chi connectivity index (χ1) is 8.04. The van der Waals surface area contributed by atoms with Crippen molar-refractivity contribution in [3.05, 3.63) is 23.5 Å². The van der Waals surface area contributed by atoms with Gasteiger partial charge in [0.15, 0.2) is 0 Å². The van der Waals surface area contributed by atoms with E-state index in [0.717, 1.165) is 0 Å². The van der Waals surface area contributed by atoms with E-state index in [0.29, 0.717) is 11.3 Å². The molecular weight excluding hydrogens is 242 g/mol. The molecule has 6 nitrogen and oxygen atoms in total. The van der Waals surface area contributed by atoms with Crippen LogP contribution in [0.3, 0.4) is 0 Å². The van der Waals surface area contributed by atoms with Gasteiger partial charge in [0.05, 0.1) is 19.4 Å².